The third-order valence-corrected chi connectivity index (χ3v) is 3.64. The molecule has 0 bridgehead atoms. The molecule has 0 aliphatic carbocycles. The molecule has 0 saturated heterocycles. The van der Waals surface area contributed by atoms with Crippen molar-refractivity contribution in [1.82, 2.24) is 0 Å². The van der Waals surface area contributed by atoms with Crippen molar-refractivity contribution < 1.29 is 9.53 Å². The highest BCUT2D eigenvalue weighted by Crippen LogP contribution is 2.36. The number of nitrogens with zero attached hydrogens (tertiary/aromatic N) is 1. The molecule has 4 nitrogen and oxygen atoms in total. The number of carbonyl (C=O) groups is 1. The highest BCUT2D eigenvalue weighted by atomic mass is 35.5. The van der Waals surface area contributed by atoms with Crippen LogP contribution in [0.5, 0.6) is 5.75 Å². The summed E-state index contributed by atoms with van der Waals surface area (Å²) < 4.78 is 5.93. The minimum Gasteiger partial charge on any atom is -0.484 e. The maximum absolute atomic E-state index is 12.6. The Morgan fingerprint density at radius 1 is 1.23 bits per heavy atom. The van der Waals surface area contributed by atoms with E-state index in [4.69, 9.17) is 16.3 Å². The lowest BCUT2D eigenvalue weighted by Gasteiger charge is -2.39. The second kappa shape index (κ2) is 5.54. The van der Waals surface area contributed by atoms with Gasteiger partial charge in [0.25, 0.3) is 0 Å². The number of halogens is 1. The zero-order valence-electron chi connectivity index (χ0n) is 12.5. The molecule has 2 amide bonds. The Balaban J connectivity index is 1.88. The minimum absolute atomic E-state index is 0.203. The predicted molar refractivity (Wildman–Crippen MR) is 89.0 cm³/mol. The summed E-state index contributed by atoms with van der Waals surface area (Å²) in [6.07, 6.45) is 0. The van der Waals surface area contributed by atoms with Crippen molar-refractivity contribution in [3.8, 4) is 5.75 Å². The van der Waals surface area contributed by atoms with Crippen molar-refractivity contribution in [1.29, 1.82) is 0 Å². The summed E-state index contributed by atoms with van der Waals surface area (Å²) in [6.45, 7) is 4.39. The lowest BCUT2D eigenvalue weighted by Crippen LogP contribution is -2.50. The monoisotopic (exact) mass is 316 g/mol. The molecule has 0 spiro atoms. The third-order valence-electron chi connectivity index (χ3n) is 3.40. The largest absolute Gasteiger partial charge is 0.484 e. The summed E-state index contributed by atoms with van der Waals surface area (Å²) in [5.74, 6) is 0.708. The maximum atomic E-state index is 12.6. The number of urea groups is 1. The van der Waals surface area contributed by atoms with Gasteiger partial charge in [-0.2, -0.15) is 0 Å². The van der Waals surface area contributed by atoms with E-state index < -0.39 is 5.60 Å². The lowest BCUT2D eigenvalue weighted by molar-refractivity contribution is 0.107. The predicted octanol–water partition coefficient (Wildman–Crippen LogP) is 4.55. The highest BCUT2D eigenvalue weighted by Gasteiger charge is 2.34. The van der Waals surface area contributed by atoms with E-state index in [0.717, 1.165) is 5.69 Å². The highest BCUT2D eigenvalue weighted by molar-refractivity contribution is 6.30. The van der Waals surface area contributed by atoms with Crippen LogP contribution in [-0.4, -0.2) is 18.2 Å². The first-order chi connectivity index (χ1) is 10.4. The molecule has 5 heteroatoms. The SMILES string of the molecule is CC1(C)CN(C(=O)Nc2cccc(Cl)c2)c2ccccc2O1. The number of rotatable bonds is 1. The van der Waals surface area contributed by atoms with Crippen LogP contribution < -0.4 is 15.0 Å². The summed E-state index contributed by atoms with van der Waals surface area (Å²) >= 11 is 5.96. The summed E-state index contributed by atoms with van der Waals surface area (Å²) in [4.78, 5) is 14.3. The summed E-state index contributed by atoms with van der Waals surface area (Å²) in [6, 6.07) is 14.4. The number of hydrogen-bond acceptors (Lipinski definition) is 2. The molecule has 0 saturated carbocycles. The lowest BCUT2D eigenvalue weighted by atomic mass is 10.1. The number of anilines is 2. The van der Waals surface area contributed by atoms with Crippen molar-refractivity contribution in [2.45, 2.75) is 19.4 Å². The van der Waals surface area contributed by atoms with E-state index in [1.54, 1.807) is 29.2 Å². The number of ether oxygens (including phenoxy) is 1. The summed E-state index contributed by atoms with van der Waals surface area (Å²) in [7, 11) is 0. The number of para-hydroxylation sites is 2. The van der Waals surface area contributed by atoms with Gasteiger partial charge in [-0.15, -0.1) is 0 Å². The summed E-state index contributed by atoms with van der Waals surface area (Å²) in [5, 5.41) is 3.46. The topological polar surface area (TPSA) is 41.6 Å². The Hall–Kier alpha value is -2.20. The molecule has 0 fully saturated rings. The van der Waals surface area contributed by atoms with Gasteiger partial charge in [-0.3, -0.25) is 4.90 Å². The number of hydrogen-bond donors (Lipinski definition) is 1. The van der Waals surface area contributed by atoms with E-state index in [1.165, 1.54) is 0 Å². The number of amides is 2. The second-order valence-corrected chi connectivity index (χ2v) is 6.29. The van der Waals surface area contributed by atoms with Crippen LogP contribution in [0.3, 0.4) is 0 Å². The molecule has 0 radical (unpaired) electrons. The van der Waals surface area contributed by atoms with Gasteiger partial charge >= 0.3 is 6.03 Å². The Morgan fingerprint density at radius 2 is 2.00 bits per heavy atom. The molecule has 2 aromatic carbocycles. The van der Waals surface area contributed by atoms with Crippen molar-refractivity contribution >= 4 is 29.0 Å². The van der Waals surface area contributed by atoms with Gasteiger partial charge in [-0.1, -0.05) is 29.8 Å². The molecule has 3 rings (SSSR count). The van der Waals surface area contributed by atoms with Gasteiger partial charge in [0.05, 0.1) is 12.2 Å². The normalized spacial score (nSPS) is 15.7. The van der Waals surface area contributed by atoms with E-state index >= 15 is 0 Å². The quantitative estimate of drug-likeness (QED) is 0.838. The molecule has 0 unspecified atom stereocenters. The Bertz CT molecular complexity index is 715. The fraction of sp³-hybridized carbons (Fsp3) is 0.235. The molecule has 22 heavy (non-hydrogen) atoms. The zero-order valence-corrected chi connectivity index (χ0v) is 13.2. The fourth-order valence-corrected chi connectivity index (χ4v) is 2.69. The second-order valence-electron chi connectivity index (χ2n) is 5.86. The molecule has 1 aliphatic rings. The van der Waals surface area contributed by atoms with E-state index in [2.05, 4.69) is 5.32 Å². The average Bonchev–Trinajstić information content (AvgIpc) is 2.45. The molecular weight excluding hydrogens is 300 g/mol. The first kappa shape index (κ1) is 14.7. The van der Waals surface area contributed by atoms with E-state index in [1.807, 2.05) is 38.1 Å². The van der Waals surface area contributed by atoms with Gasteiger partial charge in [0.1, 0.15) is 11.4 Å². The molecular formula is C17H17ClN2O2. The van der Waals surface area contributed by atoms with Crippen LogP contribution in [0.2, 0.25) is 5.02 Å². The van der Waals surface area contributed by atoms with Crippen LogP contribution >= 0.6 is 11.6 Å². The van der Waals surface area contributed by atoms with Crippen LogP contribution in [0.25, 0.3) is 0 Å². The standard InChI is InChI=1S/C17H17ClN2O2/c1-17(2)11-20(14-8-3-4-9-15(14)22-17)16(21)19-13-7-5-6-12(18)10-13/h3-10H,11H2,1-2H3,(H,19,21). The van der Waals surface area contributed by atoms with Crippen molar-refractivity contribution in [2.24, 2.45) is 0 Å². The maximum Gasteiger partial charge on any atom is 0.326 e. The molecule has 0 aromatic heterocycles. The van der Waals surface area contributed by atoms with E-state index in [-0.39, 0.29) is 6.03 Å². The van der Waals surface area contributed by atoms with Crippen molar-refractivity contribution in [2.75, 3.05) is 16.8 Å². The van der Waals surface area contributed by atoms with Gasteiger partial charge in [0.15, 0.2) is 0 Å². The number of fused-ring (bicyclic) bond motifs is 1. The summed E-state index contributed by atoms with van der Waals surface area (Å²) in [5.41, 5.74) is 0.987. The van der Waals surface area contributed by atoms with Gasteiger partial charge < -0.3 is 10.1 Å². The first-order valence-electron chi connectivity index (χ1n) is 7.07. The van der Waals surface area contributed by atoms with E-state index in [0.29, 0.717) is 23.0 Å². The van der Waals surface area contributed by atoms with Crippen LogP contribution in [0.4, 0.5) is 16.2 Å². The van der Waals surface area contributed by atoms with Crippen LogP contribution in [0, 0.1) is 0 Å². The van der Waals surface area contributed by atoms with Gasteiger partial charge in [-0.05, 0) is 44.2 Å². The van der Waals surface area contributed by atoms with Gasteiger partial charge in [-0.25, -0.2) is 4.79 Å². The molecule has 1 N–H and O–H groups in total. The molecule has 1 heterocycles. The third kappa shape index (κ3) is 3.02. The van der Waals surface area contributed by atoms with E-state index in [9.17, 15) is 4.79 Å². The number of nitrogens with one attached hydrogen (secondary N) is 1. The molecule has 1 aliphatic heterocycles. The van der Waals surface area contributed by atoms with Crippen LogP contribution in [0.15, 0.2) is 48.5 Å². The first-order valence-corrected chi connectivity index (χ1v) is 7.45. The van der Waals surface area contributed by atoms with Crippen LogP contribution in [0.1, 0.15) is 13.8 Å². The molecule has 2 aromatic rings. The number of carbonyl (C=O) groups excluding carboxylic acids is 1. The molecule has 0 atom stereocenters. The Kier molecular flexibility index (Phi) is 3.71. The minimum atomic E-state index is -0.444. The van der Waals surface area contributed by atoms with Crippen molar-refractivity contribution in [3.63, 3.8) is 0 Å². The molecule has 114 valence electrons. The van der Waals surface area contributed by atoms with Gasteiger partial charge in [0, 0.05) is 10.7 Å². The zero-order chi connectivity index (χ0) is 15.7. The fourth-order valence-electron chi connectivity index (χ4n) is 2.50. The number of benzene rings is 2. The smallest absolute Gasteiger partial charge is 0.326 e. The Morgan fingerprint density at radius 3 is 2.77 bits per heavy atom. The van der Waals surface area contributed by atoms with Crippen LogP contribution in [-0.2, 0) is 0 Å². The Labute approximate surface area is 134 Å². The average molecular weight is 317 g/mol. The van der Waals surface area contributed by atoms with Crippen molar-refractivity contribution in [3.05, 3.63) is 53.6 Å². The van der Waals surface area contributed by atoms with Gasteiger partial charge in [0.2, 0.25) is 0 Å².